The zero-order valence-corrected chi connectivity index (χ0v) is 13.6. The monoisotopic (exact) mass is 296 g/mol. The fraction of sp³-hybridized carbons (Fsp3) is 0.733. The quantitative estimate of drug-likeness (QED) is 0.801. The Morgan fingerprint density at radius 1 is 1.40 bits per heavy atom. The number of aldehydes is 1. The van der Waals surface area contributed by atoms with Gasteiger partial charge in [0.1, 0.15) is 0 Å². The van der Waals surface area contributed by atoms with Crippen LogP contribution in [0.1, 0.15) is 49.0 Å². The molecule has 0 amide bonds. The van der Waals surface area contributed by atoms with Gasteiger partial charge < -0.3 is 9.64 Å². The minimum Gasteiger partial charge on any atom is -0.384 e. The molecule has 0 aromatic carbocycles. The lowest BCUT2D eigenvalue weighted by Crippen LogP contribution is -2.35. The van der Waals surface area contributed by atoms with E-state index >= 15 is 0 Å². The second-order valence-corrected chi connectivity index (χ2v) is 7.47. The number of hydrogen-bond donors (Lipinski definition) is 0. The summed E-state index contributed by atoms with van der Waals surface area (Å²) in [5.41, 5.74) is 0.839. The van der Waals surface area contributed by atoms with Crippen molar-refractivity contribution in [3.05, 3.63) is 10.6 Å². The molecular formula is C15H24N2O2S. The number of carbonyl (C=O) groups excluding carboxylic acids is 1. The Morgan fingerprint density at radius 3 is 2.50 bits per heavy atom. The molecule has 2 heterocycles. The molecule has 0 saturated carbocycles. The van der Waals surface area contributed by atoms with Crippen molar-refractivity contribution in [2.45, 2.75) is 39.0 Å². The van der Waals surface area contributed by atoms with Crippen LogP contribution in [-0.4, -0.2) is 38.1 Å². The zero-order valence-electron chi connectivity index (χ0n) is 12.8. The normalized spacial score (nSPS) is 17.5. The number of methoxy groups -OCH3 is 1. The van der Waals surface area contributed by atoms with Gasteiger partial charge in [0.25, 0.3) is 0 Å². The average Bonchev–Trinajstić information content (AvgIpc) is 2.84. The third kappa shape index (κ3) is 3.38. The molecule has 5 heteroatoms. The average molecular weight is 296 g/mol. The van der Waals surface area contributed by atoms with Crippen LogP contribution in [0.25, 0.3) is 0 Å². The van der Waals surface area contributed by atoms with Gasteiger partial charge in [0.2, 0.25) is 0 Å². The topological polar surface area (TPSA) is 42.4 Å². The van der Waals surface area contributed by atoms with Crippen molar-refractivity contribution in [1.29, 1.82) is 0 Å². The summed E-state index contributed by atoms with van der Waals surface area (Å²) in [7, 11) is 1.76. The maximum Gasteiger partial charge on any atom is 0.186 e. The first-order chi connectivity index (χ1) is 9.45. The number of rotatable bonds is 4. The first-order valence-electron chi connectivity index (χ1n) is 7.16. The van der Waals surface area contributed by atoms with Crippen molar-refractivity contribution in [2.75, 3.05) is 31.7 Å². The number of nitrogens with zero attached hydrogens (tertiary/aromatic N) is 2. The van der Waals surface area contributed by atoms with E-state index < -0.39 is 0 Å². The number of piperidine rings is 1. The fourth-order valence-electron chi connectivity index (χ4n) is 2.60. The number of aromatic nitrogens is 1. The molecular weight excluding hydrogens is 272 g/mol. The van der Waals surface area contributed by atoms with Crippen molar-refractivity contribution in [1.82, 2.24) is 4.98 Å². The van der Waals surface area contributed by atoms with Crippen LogP contribution in [0.15, 0.2) is 0 Å². The first-order valence-corrected chi connectivity index (χ1v) is 7.97. The van der Waals surface area contributed by atoms with E-state index in [1.807, 2.05) is 0 Å². The molecule has 0 aliphatic carbocycles. The Morgan fingerprint density at radius 2 is 2.05 bits per heavy atom. The number of carbonyl (C=O) groups is 1. The largest absolute Gasteiger partial charge is 0.384 e. The predicted octanol–water partition coefficient (Wildman–Crippen LogP) is 3.12. The molecule has 0 radical (unpaired) electrons. The molecule has 0 bridgehead atoms. The van der Waals surface area contributed by atoms with Crippen LogP contribution >= 0.6 is 11.3 Å². The maximum atomic E-state index is 11.2. The van der Waals surface area contributed by atoms with Gasteiger partial charge in [-0.25, -0.2) is 4.98 Å². The van der Waals surface area contributed by atoms with Crippen molar-refractivity contribution >= 4 is 22.8 Å². The molecule has 0 spiro atoms. The van der Waals surface area contributed by atoms with E-state index in [0.717, 1.165) is 54.5 Å². The van der Waals surface area contributed by atoms with Crippen LogP contribution < -0.4 is 4.90 Å². The van der Waals surface area contributed by atoms with Crippen molar-refractivity contribution < 1.29 is 9.53 Å². The van der Waals surface area contributed by atoms with Crippen LogP contribution in [0.2, 0.25) is 0 Å². The second-order valence-electron chi connectivity index (χ2n) is 6.46. The highest BCUT2D eigenvalue weighted by Gasteiger charge is 2.27. The standard InChI is InChI=1S/C15H24N2O2S/c1-15(2,3)13-12(9-18)20-14(16-13)17-7-5-11(6-8-17)10-19-4/h9,11H,5-8,10H2,1-4H3. The lowest BCUT2D eigenvalue weighted by molar-refractivity contribution is 0.112. The predicted molar refractivity (Wildman–Crippen MR) is 83.0 cm³/mol. The molecule has 1 aromatic heterocycles. The van der Waals surface area contributed by atoms with Gasteiger partial charge >= 0.3 is 0 Å². The lowest BCUT2D eigenvalue weighted by Gasteiger charge is -2.31. The molecule has 4 nitrogen and oxygen atoms in total. The van der Waals surface area contributed by atoms with Gasteiger partial charge in [-0.1, -0.05) is 32.1 Å². The summed E-state index contributed by atoms with van der Waals surface area (Å²) < 4.78 is 5.23. The second kappa shape index (κ2) is 6.22. The van der Waals surface area contributed by atoms with Gasteiger partial charge in [-0.2, -0.15) is 0 Å². The summed E-state index contributed by atoms with van der Waals surface area (Å²) in [6.07, 6.45) is 3.21. The van der Waals surface area contributed by atoms with Gasteiger partial charge in [-0.15, -0.1) is 0 Å². The van der Waals surface area contributed by atoms with Crippen LogP contribution in [0.3, 0.4) is 0 Å². The highest BCUT2D eigenvalue weighted by molar-refractivity contribution is 7.17. The van der Waals surface area contributed by atoms with E-state index in [1.165, 1.54) is 11.3 Å². The molecule has 1 aromatic rings. The molecule has 1 aliphatic rings. The van der Waals surface area contributed by atoms with Crippen LogP contribution in [0.5, 0.6) is 0 Å². The Kier molecular flexibility index (Phi) is 4.81. The molecule has 112 valence electrons. The van der Waals surface area contributed by atoms with E-state index in [9.17, 15) is 4.79 Å². The number of ether oxygens (including phenoxy) is 1. The Labute approximate surface area is 125 Å². The van der Waals surface area contributed by atoms with E-state index in [4.69, 9.17) is 9.72 Å². The third-order valence-electron chi connectivity index (χ3n) is 3.75. The zero-order chi connectivity index (χ0) is 14.8. The van der Waals surface area contributed by atoms with Crippen molar-refractivity contribution in [3.63, 3.8) is 0 Å². The van der Waals surface area contributed by atoms with E-state index in [2.05, 4.69) is 25.7 Å². The van der Waals surface area contributed by atoms with Gasteiger partial charge in [0, 0.05) is 32.2 Å². The molecule has 0 atom stereocenters. The summed E-state index contributed by atoms with van der Waals surface area (Å²) in [6, 6.07) is 0. The minimum absolute atomic E-state index is 0.0840. The summed E-state index contributed by atoms with van der Waals surface area (Å²) in [5, 5.41) is 0.993. The van der Waals surface area contributed by atoms with Gasteiger partial charge in [0.15, 0.2) is 11.4 Å². The summed E-state index contributed by atoms with van der Waals surface area (Å²) >= 11 is 1.52. The highest BCUT2D eigenvalue weighted by Crippen LogP contribution is 2.34. The van der Waals surface area contributed by atoms with Crippen LogP contribution in [-0.2, 0) is 10.2 Å². The van der Waals surface area contributed by atoms with Crippen LogP contribution in [0.4, 0.5) is 5.13 Å². The minimum atomic E-state index is -0.0840. The summed E-state index contributed by atoms with van der Waals surface area (Å²) in [4.78, 5) is 19.0. The maximum absolute atomic E-state index is 11.2. The Hall–Kier alpha value is -0.940. The number of thiazole rings is 1. The van der Waals surface area contributed by atoms with E-state index in [-0.39, 0.29) is 5.41 Å². The van der Waals surface area contributed by atoms with Crippen LogP contribution in [0, 0.1) is 5.92 Å². The van der Waals surface area contributed by atoms with Crippen molar-refractivity contribution in [3.8, 4) is 0 Å². The van der Waals surface area contributed by atoms with E-state index in [0.29, 0.717) is 5.92 Å². The molecule has 1 aliphatic heterocycles. The smallest absolute Gasteiger partial charge is 0.186 e. The fourth-order valence-corrected chi connectivity index (χ4v) is 3.74. The summed E-state index contributed by atoms with van der Waals surface area (Å²) in [6.45, 7) is 9.16. The van der Waals surface area contributed by atoms with Crippen molar-refractivity contribution in [2.24, 2.45) is 5.92 Å². The Balaban J connectivity index is 2.11. The number of anilines is 1. The van der Waals surface area contributed by atoms with Gasteiger partial charge in [-0.3, -0.25) is 4.79 Å². The first kappa shape index (κ1) is 15.4. The SMILES string of the molecule is COCC1CCN(c2nc(C(C)(C)C)c(C=O)s2)CC1. The van der Waals surface area contributed by atoms with Gasteiger partial charge in [-0.05, 0) is 18.8 Å². The molecule has 0 N–H and O–H groups in total. The Bertz CT molecular complexity index is 457. The summed E-state index contributed by atoms with van der Waals surface area (Å²) in [5.74, 6) is 0.656. The lowest BCUT2D eigenvalue weighted by atomic mass is 9.91. The molecule has 1 fully saturated rings. The number of hydrogen-bond acceptors (Lipinski definition) is 5. The molecule has 2 rings (SSSR count). The van der Waals surface area contributed by atoms with Gasteiger partial charge in [0.05, 0.1) is 10.6 Å². The highest BCUT2D eigenvalue weighted by atomic mass is 32.1. The third-order valence-corrected chi connectivity index (χ3v) is 4.79. The van der Waals surface area contributed by atoms with E-state index in [1.54, 1.807) is 7.11 Å². The molecule has 0 unspecified atom stereocenters. The molecule has 20 heavy (non-hydrogen) atoms. The molecule has 1 saturated heterocycles.